The number of benzene rings is 2. The minimum atomic E-state index is -0.364. The van der Waals surface area contributed by atoms with Gasteiger partial charge in [0.05, 0.1) is 19.9 Å². The molecule has 3 aromatic rings. The molecule has 0 saturated carbocycles. The Morgan fingerprint density at radius 3 is 2.64 bits per heavy atom. The molecule has 0 fully saturated rings. The third-order valence-electron chi connectivity index (χ3n) is 3.33. The summed E-state index contributed by atoms with van der Waals surface area (Å²) in [5.74, 6) is 1.22. The van der Waals surface area contributed by atoms with Gasteiger partial charge >= 0.3 is 0 Å². The molecule has 1 heterocycles. The van der Waals surface area contributed by atoms with E-state index in [4.69, 9.17) is 9.47 Å². The van der Waals surface area contributed by atoms with Crippen LogP contribution in [0.4, 0.5) is 15.2 Å². The first-order valence-electron chi connectivity index (χ1n) is 7.38. The molecule has 130 valence electrons. The fourth-order valence-electron chi connectivity index (χ4n) is 2.13. The number of nitrogens with zero attached hydrogens (tertiary/aromatic N) is 2. The molecule has 3 rings (SSSR count). The van der Waals surface area contributed by atoms with Gasteiger partial charge in [-0.1, -0.05) is 41.3 Å². The summed E-state index contributed by atoms with van der Waals surface area (Å²) >= 11 is 2.94. The van der Waals surface area contributed by atoms with Crippen molar-refractivity contribution >= 4 is 33.9 Å². The molecule has 25 heavy (non-hydrogen) atoms. The molecular formula is C17H16FN3O2S2. The first kappa shape index (κ1) is 17.5. The molecule has 0 aliphatic heterocycles. The summed E-state index contributed by atoms with van der Waals surface area (Å²) in [5, 5.41) is 12.2. The molecule has 1 aromatic heterocycles. The third-order valence-corrected chi connectivity index (χ3v) is 5.38. The fraction of sp³-hybridized carbons (Fsp3) is 0.176. The van der Waals surface area contributed by atoms with Gasteiger partial charge in [0.25, 0.3) is 0 Å². The number of ether oxygens (including phenoxy) is 2. The van der Waals surface area contributed by atoms with Gasteiger partial charge in [-0.05, 0) is 29.8 Å². The Morgan fingerprint density at radius 2 is 1.88 bits per heavy atom. The van der Waals surface area contributed by atoms with Gasteiger partial charge in [-0.3, -0.25) is 0 Å². The Hall–Kier alpha value is -2.32. The van der Waals surface area contributed by atoms with Crippen molar-refractivity contribution in [3.05, 3.63) is 53.8 Å². The monoisotopic (exact) mass is 377 g/mol. The van der Waals surface area contributed by atoms with E-state index in [1.54, 1.807) is 13.2 Å². The van der Waals surface area contributed by atoms with Crippen molar-refractivity contribution in [1.29, 1.82) is 0 Å². The number of nitrogens with one attached hydrogen (secondary N) is 1. The second-order valence-corrected chi connectivity index (χ2v) is 7.16. The zero-order valence-electron chi connectivity index (χ0n) is 13.7. The topological polar surface area (TPSA) is 56.3 Å². The van der Waals surface area contributed by atoms with Crippen molar-refractivity contribution < 1.29 is 13.9 Å². The molecule has 0 atom stereocenters. The van der Waals surface area contributed by atoms with Crippen LogP contribution in [-0.4, -0.2) is 24.4 Å². The maximum atomic E-state index is 13.7. The summed E-state index contributed by atoms with van der Waals surface area (Å²) in [4.78, 5) is 0. The Bertz CT molecular complexity index is 857. The van der Waals surface area contributed by atoms with Crippen molar-refractivity contribution in [2.45, 2.75) is 10.1 Å². The van der Waals surface area contributed by atoms with Crippen LogP contribution in [0.25, 0.3) is 0 Å². The van der Waals surface area contributed by atoms with Crippen molar-refractivity contribution in [2.75, 3.05) is 19.5 Å². The van der Waals surface area contributed by atoms with Gasteiger partial charge in [0, 0.05) is 5.75 Å². The zero-order chi connectivity index (χ0) is 17.6. The van der Waals surface area contributed by atoms with E-state index in [1.807, 2.05) is 30.3 Å². The number of anilines is 2. The van der Waals surface area contributed by atoms with E-state index in [2.05, 4.69) is 15.5 Å². The average molecular weight is 377 g/mol. The molecule has 0 unspecified atom stereocenters. The van der Waals surface area contributed by atoms with Crippen LogP contribution < -0.4 is 14.8 Å². The number of hydrogen-bond acceptors (Lipinski definition) is 7. The van der Waals surface area contributed by atoms with Gasteiger partial charge in [0.1, 0.15) is 5.75 Å². The molecule has 0 aliphatic rings. The van der Waals surface area contributed by atoms with Gasteiger partial charge in [-0.25, -0.2) is 4.39 Å². The van der Waals surface area contributed by atoms with E-state index < -0.39 is 0 Å². The molecule has 0 radical (unpaired) electrons. The lowest BCUT2D eigenvalue weighted by Crippen LogP contribution is -1.93. The first-order valence-corrected chi connectivity index (χ1v) is 9.18. The molecule has 2 aromatic carbocycles. The molecule has 1 N–H and O–H groups in total. The predicted octanol–water partition coefficient (Wildman–Crippen LogP) is 4.73. The average Bonchev–Trinajstić information content (AvgIpc) is 3.08. The SMILES string of the molecule is COc1ccc(CSc2nnc(Nc3ccccc3OC)s2)cc1F. The molecule has 0 spiro atoms. The molecule has 0 amide bonds. The van der Waals surface area contributed by atoms with Gasteiger partial charge < -0.3 is 14.8 Å². The van der Waals surface area contributed by atoms with Gasteiger partial charge in [0.2, 0.25) is 5.13 Å². The number of aromatic nitrogens is 2. The number of rotatable bonds is 7. The molecule has 8 heteroatoms. The summed E-state index contributed by atoms with van der Waals surface area (Å²) < 4.78 is 24.7. The van der Waals surface area contributed by atoms with E-state index in [0.717, 1.165) is 21.3 Å². The van der Waals surface area contributed by atoms with Gasteiger partial charge in [-0.15, -0.1) is 10.2 Å². The summed E-state index contributed by atoms with van der Waals surface area (Å²) in [6, 6.07) is 12.5. The predicted molar refractivity (Wildman–Crippen MR) is 98.7 cm³/mol. The summed E-state index contributed by atoms with van der Waals surface area (Å²) in [6.45, 7) is 0. The van der Waals surface area contributed by atoms with Crippen LogP contribution >= 0.6 is 23.1 Å². The minimum absolute atomic E-state index is 0.243. The standard InChI is InChI=1S/C17H16FN3O2S2/c1-22-14-8-7-11(9-12(14)18)10-24-17-21-20-16(25-17)19-13-5-3-4-6-15(13)23-2/h3-9H,10H2,1-2H3,(H,19,20). The lowest BCUT2D eigenvalue weighted by molar-refractivity contribution is 0.386. The number of halogens is 1. The second kappa shape index (κ2) is 8.17. The number of thioether (sulfide) groups is 1. The number of methoxy groups -OCH3 is 2. The Morgan fingerprint density at radius 1 is 1.08 bits per heavy atom. The lowest BCUT2D eigenvalue weighted by atomic mass is 10.2. The van der Waals surface area contributed by atoms with Crippen molar-refractivity contribution in [3.8, 4) is 11.5 Å². The van der Waals surface area contributed by atoms with Crippen LogP contribution in [0.15, 0.2) is 46.8 Å². The highest BCUT2D eigenvalue weighted by Crippen LogP contribution is 2.33. The summed E-state index contributed by atoms with van der Waals surface area (Å²) in [7, 11) is 3.07. The van der Waals surface area contributed by atoms with Gasteiger partial charge in [0.15, 0.2) is 15.9 Å². The Labute approximate surface area is 153 Å². The van der Waals surface area contributed by atoms with Crippen molar-refractivity contribution in [1.82, 2.24) is 10.2 Å². The van der Waals surface area contributed by atoms with E-state index in [9.17, 15) is 4.39 Å². The maximum absolute atomic E-state index is 13.7. The van der Waals surface area contributed by atoms with Crippen LogP contribution in [0.5, 0.6) is 11.5 Å². The van der Waals surface area contributed by atoms with E-state index in [-0.39, 0.29) is 11.6 Å². The lowest BCUT2D eigenvalue weighted by Gasteiger charge is -2.07. The zero-order valence-corrected chi connectivity index (χ0v) is 15.3. The number of hydrogen-bond donors (Lipinski definition) is 1. The summed E-state index contributed by atoms with van der Waals surface area (Å²) in [5.41, 5.74) is 1.69. The fourth-order valence-corrected chi connectivity index (χ4v) is 3.83. The van der Waals surface area contributed by atoms with E-state index in [1.165, 1.54) is 36.3 Å². The molecular weight excluding hydrogens is 361 g/mol. The van der Waals surface area contributed by atoms with Crippen LogP contribution in [0.1, 0.15) is 5.56 Å². The number of para-hydroxylation sites is 2. The highest BCUT2D eigenvalue weighted by atomic mass is 32.2. The molecule has 0 aliphatic carbocycles. The van der Waals surface area contributed by atoms with Crippen molar-refractivity contribution in [3.63, 3.8) is 0 Å². The highest BCUT2D eigenvalue weighted by molar-refractivity contribution is 8.00. The Balaban J connectivity index is 1.63. The third kappa shape index (κ3) is 4.40. The Kier molecular flexibility index (Phi) is 5.72. The first-order chi connectivity index (χ1) is 12.2. The molecule has 0 bridgehead atoms. The van der Waals surface area contributed by atoms with Crippen LogP contribution in [0.3, 0.4) is 0 Å². The van der Waals surface area contributed by atoms with Gasteiger partial charge in [-0.2, -0.15) is 0 Å². The van der Waals surface area contributed by atoms with Crippen molar-refractivity contribution in [2.24, 2.45) is 0 Å². The largest absolute Gasteiger partial charge is 0.495 e. The quantitative estimate of drug-likeness (QED) is 0.601. The maximum Gasteiger partial charge on any atom is 0.210 e. The van der Waals surface area contributed by atoms with Crippen LogP contribution in [0, 0.1) is 5.82 Å². The normalized spacial score (nSPS) is 10.5. The molecule has 5 nitrogen and oxygen atoms in total. The van der Waals surface area contributed by atoms with E-state index in [0.29, 0.717) is 10.9 Å². The molecule has 0 saturated heterocycles. The second-order valence-electron chi connectivity index (χ2n) is 4.96. The highest BCUT2D eigenvalue weighted by Gasteiger charge is 2.09. The summed E-state index contributed by atoms with van der Waals surface area (Å²) in [6.07, 6.45) is 0. The van der Waals surface area contributed by atoms with Crippen LogP contribution in [-0.2, 0) is 5.75 Å². The minimum Gasteiger partial charge on any atom is -0.495 e. The van der Waals surface area contributed by atoms with Crippen LogP contribution in [0.2, 0.25) is 0 Å². The smallest absolute Gasteiger partial charge is 0.210 e. The van der Waals surface area contributed by atoms with E-state index >= 15 is 0 Å².